The van der Waals surface area contributed by atoms with Crippen molar-refractivity contribution in [2.24, 2.45) is 4.99 Å². The quantitative estimate of drug-likeness (QED) is 0.592. The lowest BCUT2D eigenvalue weighted by atomic mass is 10.2. The molecule has 1 rings (SSSR count). The molecule has 1 heterocycles. The minimum atomic E-state index is -4.39. The van der Waals surface area contributed by atoms with Crippen LogP contribution in [0, 0.1) is 0 Å². The predicted molar refractivity (Wildman–Crippen MR) is 40.0 cm³/mol. The van der Waals surface area contributed by atoms with Gasteiger partial charge in [0.25, 0.3) is 0 Å². The van der Waals surface area contributed by atoms with E-state index in [1.54, 1.807) is 6.92 Å². The maximum Gasteiger partial charge on any atom is 0.417 e. The Kier molecular flexibility index (Phi) is 2.32. The second-order valence-corrected chi connectivity index (χ2v) is 2.69. The molecule has 0 radical (unpaired) electrons. The normalized spacial score (nSPS) is 18.9. The molecule has 12 heavy (non-hydrogen) atoms. The first kappa shape index (κ1) is 9.38. The number of nitrogens with one attached hydrogen (secondary N) is 1. The summed E-state index contributed by atoms with van der Waals surface area (Å²) in [5.74, 6) is 0.396. The van der Waals surface area contributed by atoms with E-state index in [4.69, 9.17) is 11.6 Å². The third-order valence-corrected chi connectivity index (χ3v) is 1.69. The molecule has 0 atom stereocenters. The van der Waals surface area contributed by atoms with Crippen LogP contribution in [0.2, 0.25) is 0 Å². The minimum absolute atomic E-state index is 0.380. The minimum Gasteiger partial charge on any atom is -0.335 e. The average molecular weight is 199 g/mol. The van der Waals surface area contributed by atoms with Crippen LogP contribution in [0.3, 0.4) is 0 Å². The number of amidine groups is 1. The highest BCUT2D eigenvalue weighted by Crippen LogP contribution is 2.30. The molecule has 0 saturated carbocycles. The molecule has 0 fully saturated rings. The fourth-order valence-electron chi connectivity index (χ4n) is 0.755. The molecule has 68 valence electrons. The lowest BCUT2D eigenvalue weighted by Crippen LogP contribution is -2.29. The van der Waals surface area contributed by atoms with E-state index in [9.17, 15) is 13.2 Å². The predicted octanol–water partition coefficient (Wildman–Crippen LogP) is 2.02. The second-order valence-electron chi connectivity index (χ2n) is 2.32. The number of hydrogen-bond donors (Lipinski definition) is 1. The van der Waals surface area contributed by atoms with Gasteiger partial charge in [-0.05, 0) is 6.92 Å². The third-order valence-electron chi connectivity index (χ3n) is 1.37. The van der Waals surface area contributed by atoms with Gasteiger partial charge in [-0.2, -0.15) is 13.2 Å². The Morgan fingerprint density at radius 2 is 2.08 bits per heavy atom. The lowest BCUT2D eigenvalue weighted by molar-refractivity contribution is -0.0929. The summed E-state index contributed by atoms with van der Waals surface area (Å²) in [6.45, 7) is 1.15. The van der Waals surface area contributed by atoms with Crippen molar-refractivity contribution in [1.29, 1.82) is 0 Å². The lowest BCUT2D eigenvalue weighted by Gasteiger charge is -2.17. The van der Waals surface area contributed by atoms with Crippen LogP contribution in [-0.4, -0.2) is 18.6 Å². The molecule has 0 saturated heterocycles. The van der Waals surface area contributed by atoms with Gasteiger partial charge in [0.05, 0.1) is 18.0 Å². The van der Waals surface area contributed by atoms with Gasteiger partial charge in [-0.3, -0.25) is 4.99 Å². The van der Waals surface area contributed by atoms with E-state index in [2.05, 4.69) is 10.3 Å². The van der Waals surface area contributed by atoms with Gasteiger partial charge in [-0.1, -0.05) is 11.6 Å². The zero-order valence-corrected chi connectivity index (χ0v) is 6.92. The molecular formula is C6H6ClF3N2. The van der Waals surface area contributed by atoms with Gasteiger partial charge in [0.1, 0.15) is 5.16 Å². The smallest absolute Gasteiger partial charge is 0.335 e. The summed E-state index contributed by atoms with van der Waals surface area (Å²) in [6.07, 6.45) is -4.39. The van der Waals surface area contributed by atoms with Crippen LogP contribution >= 0.6 is 11.6 Å². The summed E-state index contributed by atoms with van der Waals surface area (Å²) in [6, 6.07) is 0. The number of aliphatic imine (C=N–C) groups is 1. The van der Waals surface area contributed by atoms with Crippen LogP contribution in [0.1, 0.15) is 6.92 Å². The zero-order chi connectivity index (χ0) is 9.35. The highest BCUT2D eigenvalue weighted by Gasteiger charge is 2.37. The van der Waals surface area contributed by atoms with Gasteiger partial charge >= 0.3 is 6.18 Å². The van der Waals surface area contributed by atoms with E-state index < -0.39 is 18.3 Å². The molecule has 0 aromatic rings. The number of alkyl halides is 3. The maximum atomic E-state index is 12.1. The van der Waals surface area contributed by atoms with Crippen molar-refractivity contribution < 1.29 is 13.2 Å². The average Bonchev–Trinajstić information content (AvgIpc) is 1.83. The molecule has 0 amide bonds. The van der Waals surface area contributed by atoms with E-state index in [1.807, 2.05) is 0 Å². The van der Waals surface area contributed by atoms with E-state index in [-0.39, 0.29) is 5.16 Å². The Bertz CT molecular complexity index is 254. The Balaban J connectivity index is 2.87. The second kappa shape index (κ2) is 2.97. The first-order valence-electron chi connectivity index (χ1n) is 3.15. The number of rotatable bonds is 0. The van der Waals surface area contributed by atoms with Crippen LogP contribution in [0.5, 0.6) is 0 Å². The fraction of sp³-hybridized carbons (Fsp3) is 0.500. The van der Waals surface area contributed by atoms with E-state index in [0.29, 0.717) is 5.84 Å². The Hall–Kier alpha value is -0.710. The summed E-state index contributed by atoms with van der Waals surface area (Å²) in [5.41, 5.74) is -0.824. The summed E-state index contributed by atoms with van der Waals surface area (Å²) in [7, 11) is 0. The zero-order valence-electron chi connectivity index (χ0n) is 6.17. The summed E-state index contributed by atoms with van der Waals surface area (Å²) >= 11 is 5.33. The van der Waals surface area contributed by atoms with Gasteiger partial charge in [-0.15, -0.1) is 0 Å². The molecule has 1 aliphatic heterocycles. The molecule has 1 aliphatic rings. The molecule has 0 aliphatic carbocycles. The highest BCUT2D eigenvalue weighted by atomic mass is 35.5. The largest absolute Gasteiger partial charge is 0.417 e. The molecule has 0 unspecified atom stereocenters. The maximum absolute atomic E-state index is 12.1. The van der Waals surface area contributed by atoms with Crippen molar-refractivity contribution in [3.63, 3.8) is 0 Å². The molecule has 6 heteroatoms. The SMILES string of the molecule is CC1=NCC(C(F)(F)F)=C(Cl)N1. The van der Waals surface area contributed by atoms with Crippen molar-refractivity contribution in [3.8, 4) is 0 Å². The van der Waals surface area contributed by atoms with Gasteiger partial charge in [-0.25, -0.2) is 0 Å². The molecule has 0 bridgehead atoms. The van der Waals surface area contributed by atoms with Crippen molar-refractivity contribution in [1.82, 2.24) is 5.32 Å². The summed E-state index contributed by atoms with van der Waals surface area (Å²) in [4.78, 5) is 3.57. The molecular weight excluding hydrogens is 193 g/mol. The van der Waals surface area contributed by atoms with Gasteiger partial charge < -0.3 is 5.32 Å². The van der Waals surface area contributed by atoms with Crippen LogP contribution < -0.4 is 5.32 Å². The first-order valence-corrected chi connectivity index (χ1v) is 3.53. The van der Waals surface area contributed by atoms with E-state index in [0.717, 1.165) is 0 Å². The molecule has 1 N–H and O–H groups in total. The number of halogens is 4. The van der Waals surface area contributed by atoms with E-state index in [1.165, 1.54) is 0 Å². The van der Waals surface area contributed by atoms with Crippen molar-refractivity contribution in [3.05, 3.63) is 10.7 Å². The topological polar surface area (TPSA) is 24.4 Å². The monoisotopic (exact) mass is 198 g/mol. The molecule has 0 aromatic carbocycles. The fourth-order valence-corrected chi connectivity index (χ4v) is 1.06. The summed E-state index contributed by atoms with van der Waals surface area (Å²) in [5, 5.41) is 1.93. The Morgan fingerprint density at radius 1 is 1.50 bits per heavy atom. The number of nitrogens with zero attached hydrogens (tertiary/aromatic N) is 1. The Morgan fingerprint density at radius 3 is 2.50 bits per heavy atom. The van der Waals surface area contributed by atoms with Crippen molar-refractivity contribution >= 4 is 17.4 Å². The van der Waals surface area contributed by atoms with Gasteiger partial charge in [0.2, 0.25) is 0 Å². The van der Waals surface area contributed by atoms with Crippen molar-refractivity contribution in [2.45, 2.75) is 13.1 Å². The third kappa shape index (κ3) is 1.91. The standard InChI is InChI=1S/C6H6ClF3N2/c1-3-11-2-4(5(7)12-3)6(8,9)10/h2H2,1H3,(H,11,12). The highest BCUT2D eigenvalue weighted by molar-refractivity contribution is 6.31. The molecule has 2 nitrogen and oxygen atoms in total. The van der Waals surface area contributed by atoms with Crippen LogP contribution in [0.25, 0.3) is 0 Å². The van der Waals surface area contributed by atoms with Gasteiger partial charge in [0, 0.05) is 0 Å². The Labute approximate surface area is 72.1 Å². The van der Waals surface area contributed by atoms with Crippen LogP contribution in [-0.2, 0) is 0 Å². The van der Waals surface area contributed by atoms with Crippen LogP contribution in [0.15, 0.2) is 15.7 Å². The summed E-state index contributed by atoms with van der Waals surface area (Å²) < 4.78 is 36.2. The van der Waals surface area contributed by atoms with Crippen molar-refractivity contribution in [2.75, 3.05) is 6.54 Å². The molecule has 0 aromatic heterocycles. The molecule has 0 spiro atoms. The van der Waals surface area contributed by atoms with E-state index >= 15 is 0 Å². The number of hydrogen-bond acceptors (Lipinski definition) is 2. The van der Waals surface area contributed by atoms with Gasteiger partial charge in [0.15, 0.2) is 0 Å². The van der Waals surface area contributed by atoms with Crippen LogP contribution in [0.4, 0.5) is 13.2 Å². The first-order chi connectivity index (χ1) is 5.41.